The summed E-state index contributed by atoms with van der Waals surface area (Å²) in [4.78, 5) is 15.8. The van der Waals surface area contributed by atoms with Crippen LogP contribution in [0.5, 0.6) is 0 Å². The van der Waals surface area contributed by atoms with Gasteiger partial charge in [0.05, 0.1) is 0 Å². The molecule has 0 bridgehead atoms. The smallest absolute Gasteiger partial charge is 0.226 e. The Morgan fingerprint density at radius 3 is 2.48 bits per heavy atom. The maximum absolute atomic E-state index is 12.9. The molecule has 1 aromatic carbocycles. The van der Waals surface area contributed by atoms with Crippen LogP contribution in [-0.4, -0.2) is 42.7 Å². The first-order valence-electron chi connectivity index (χ1n) is 8.51. The van der Waals surface area contributed by atoms with Crippen LogP contribution in [0.3, 0.4) is 0 Å². The zero-order chi connectivity index (χ0) is 16.2. The molecule has 0 spiro atoms. The van der Waals surface area contributed by atoms with Gasteiger partial charge in [-0.2, -0.15) is 0 Å². The van der Waals surface area contributed by atoms with Crippen LogP contribution in [0.4, 0.5) is 4.39 Å². The third kappa shape index (κ3) is 4.27. The van der Waals surface area contributed by atoms with E-state index in [0.717, 1.165) is 61.5 Å². The Kier molecular flexibility index (Phi) is 5.59. The number of benzene rings is 1. The quantitative estimate of drug-likeness (QED) is 0.858. The maximum atomic E-state index is 12.9. The molecule has 126 valence electrons. The lowest BCUT2D eigenvalue weighted by Crippen LogP contribution is -2.37. The van der Waals surface area contributed by atoms with E-state index in [1.54, 1.807) is 23.9 Å². The minimum absolute atomic E-state index is 0.00104. The highest BCUT2D eigenvalue weighted by molar-refractivity contribution is 7.99. The maximum Gasteiger partial charge on any atom is 0.226 e. The zero-order valence-electron chi connectivity index (χ0n) is 13.6. The minimum atomic E-state index is -0.219. The van der Waals surface area contributed by atoms with Gasteiger partial charge < -0.3 is 10.2 Å². The number of carbonyl (C=O) groups excluding carboxylic acids is 1. The Labute approximate surface area is 142 Å². The summed E-state index contributed by atoms with van der Waals surface area (Å²) in [6.45, 7) is 6.03. The van der Waals surface area contributed by atoms with Crippen LogP contribution in [0.1, 0.15) is 19.8 Å². The Morgan fingerprint density at radius 2 is 1.87 bits per heavy atom. The lowest BCUT2D eigenvalue weighted by Gasteiger charge is -2.24. The van der Waals surface area contributed by atoms with E-state index in [2.05, 4.69) is 10.2 Å². The predicted octanol–water partition coefficient (Wildman–Crippen LogP) is 3.01. The van der Waals surface area contributed by atoms with E-state index in [-0.39, 0.29) is 17.6 Å². The molecule has 2 aliphatic heterocycles. The summed E-state index contributed by atoms with van der Waals surface area (Å²) < 4.78 is 12.9. The normalized spacial score (nSPS) is 25.7. The molecule has 2 aliphatic rings. The minimum Gasteiger partial charge on any atom is -0.342 e. The van der Waals surface area contributed by atoms with Crippen LogP contribution in [-0.2, 0) is 4.79 Å². The Morgan fingerprint density at radius 1 is 1.26 bits per heavy atom. The standard InChI is InChI=1S/C18H25FN2OS/c1-13(12-23-17-4-2-16(19)3-5-17)18(22)21-8-6-14-10-20-11-15(14)7-9-21/h2-5,13-15,20H,6-12H2,1H3/t13?,14-,15+. The van der Waals surface area contributed by atoms with Crippen molar-refractivity contribution in [3.05, 3.63) is 30.1 Å². The fraction of sp³-hybridized carbons (Fsp3) is 0.611. The molecular weight excluding hydrogens is 311 g/mol. The highest BCUT2D eigenvalue weighted by atomic mass is 32.2. The van der Waals surface area contributed by atoms with Crippen LogP contribution in [0.2, 0.25) is 0 Å². The Hall–Kier alpha value is -1.07. The molecule has 2 saturated heterocycles. The number of amides is 1. The first-order valence-corrected chi connectivity index (χ1v) is 9.50. The van der Waals surface area contributed by atoms with Gasteiger partial charge in [0, 0.05) is 29.7 Å². The van der Waals surface area contributed by atoms with E-state index >= 15 is 0 Å². The lowest BCUT2D eigenvalue weighted by atomic mass is 9.92. The molecular formula is C18H25FN2OS. The van der Waals surface area contributed by atoms with Gasteiger partial charge in [0.2, 0.25) is 5.91 Å². The van der Waals surface area contributed by atoms with E-state index in [4.69, 9.17) is 0 Å². The van der Waals surface area contributed by atoms with Crippen molar-refractivity contribution in [3.8, 4) is 0 Å². The van der Waals surface area contributed by atoms with E-state index < -0.39 is 0 Å². The molecule has 0 aliphatic carbocycles. The Bertz CT molecular complexity index is 522. The number of rotatable bonds is 4. The van der Waals surface area contributed by atoms with E-state index in [1.807, 2.05) is 6.92 Å². The fourth-order valence-corrected chi connectivity index (χ4v) is 4.49. The summed E-state index contributed by atoms with van der Waals surface area (Å²) in [7, 11) is 0. The van der Waals surface area contributed by atoms with Gasteiger partial charge in [-0.05, 0) is 62.0 Å². The molecule has 0 saturated carbocycles. The second-order valence-electron chi connectivity index (χ2n) is 6.75. The molecule has 3 atom stereocenters. The number of fused-ring (bicyclic) bond motifs is 1. The zero-order valence-corrected chi connectivity index (χ0v) is 14.4. The number of halogens is 1. The van der Waals surface area contributed by atoms with E-state index in [0.29, 0.717) is 0 Å². The van der Waals surface area contributed by atoms with Crippen LogP contribution >= 0.6 is 11.8 Å². The largest absolute Gasteiger partial charge is 0.342 e. The number of nitrogens with one attached hydrogen (secondary N) is 1. The molecule has 2 heterocycles. The SMILES string of the molecule is CC(CSc1ccc(F)cc1)C(=O)N1CC[C@@H]2CNC[C@@H]2CC1. The molecule has 5 heteroatoms. The van der Waals surface area contributed by atoms with Gasteiger partial charge in [0.25, 0.3) is 0 Å². The number of hydrogen-bond donors (Lipinski definition) is 1. The number of likely N-dealkylation sites (tertiary alicyclic amines) is 1. The molecule has 3 rings (SSSR count). The van der Waals surface area contributed by atoms with Crippen molar-refractivity contribution in [2.45, 2.75) is 24.7 Å². The highest BCUT2D eigenvalue weighted by Gasteiger charge is 2.32. The second-order valence-corrected chi connectivity index (χ2v) is 7.84. The van der Waals surface area contributed by atoms with Crippen LogP contribution in [0, 0.1) is 23.6 Å². The van der Waals surface area contributed by atoms with Crippen molar-refractivity contribution < 1.29 is 9.18 Å². The number of thioether (sulfide) groups is 1. The van der Waals surface area contributed by atoms with Gasteiger partial charge in [-0.25, -0.2) is 4.39 Å². The molecule has 23 heavy (non-hydrogen) atoms. The monoisotopic (exact) mass is 336 g/mol. The molecule has 3 nitrogen and oxygen atoms in total. The molecule has 2 fully saturated rings. The summed E-state index contributed by atoms with van der Waals surface area (Å²) in [6.07, 6.45) is 2.25. The Balaban J connectivity index is 1.49. The second kappa shape index (κ2) is 7.67. The van der Waals surface area contributed by atoms with Gasteiger partial charge in [-0.15, -0.1) is 11.8 Å². The topological polar surface area (TPSA) is 32.3 Å². The van der Waals surface area contributed by atoms with Gasteiger partial charge in [0.15, 0.2) is 0 Å². The predicted molar refractivity (Wildman–Crippen MR) is 92.0 cm³/mol. The van der Waals surface area contributed by atoms with Crippen LogP contribution in [0.15, 0.2) is 29.2 Å². The van der Waals surface area contributed by atoms with E-state index in [9.17, 15) is 9.18 Å². The van der Waals surface area contributed by atoms with Crippen molar-refractivity contribution in [3.63, 3.8) is 0 Å². The van der Waals surface area contributed by atoms with Gasteiger partial charge in [0.1, 0.15) is 5.82 Å². The average Bonchev–Trinajstić information content (AvgIpc) is 2.92. The average molecular weight is 336 g/mol. The number of hydrogen-bond acceptors (Lipinski definition) is 3. The van der Waals surface area contributed by atoms with Crippen molar-refractivity contribution in [1.29, 1.82) is 0 Å². The third-order valence-corrected chi connectivity index (χ3v) is 6.34. The molecule has 1 aromatic rings. The summed E-state index contributed by atoms with van der Waals surface area (Å²) in [5.74, 6) is 2.29. The molecule has 1 amide bonds. The summed E-state index contributed by atoms with van der Waals surface area (Å²) in [5, 5.41) is 3.47. The summed E-state index contributed by atoms with van der Waals surface area (Å²) in [5.41, 5.74) is 0. The molecule has 0 aromatic heterocycles. The molecule has 1 unspecified atom stereocenters. The van der Waals surface area contributed by atoms with Crippen molar-refractivity contribution in [2.75, 3.05) is 31.9 Å². The lowest BCUT2D eigenvalue weighted by molar-refractivity contribution is -0.134. The van der Waals surface area contributed by atoms with Crippen molar-refractivity contribution >= 4 is 17.7 Å². The summed E-state index contributed by atoms with van der Waals surface area (Å²) in [6, 6.07) is 6.49. The van der Waals surface area contributed by atoms with Gasteiger partial charge in [-0.3, -0.25) is 4.79 Å². The summed E-state index contributed by atoms with van der Waals surface area (Å²) >= 11 is 1.63. The molecule has 1 N–H and O–H groups in total. The van der Waals surface area contributed by atoms with Crippen LogP contribution in [0.25, 0.3) is 0 Å². The third-order valence-electron chi connectivity index (χ3n) is 5.07. The van der Waals surface area contributed by atoms with E-state index in [1.165, 1.54) is 12.1 Å². The highest BCUT2D eigenvalue weighted by Crippen LogP contribution is 2.28. The van der Waals surface area contributed by atoms with Crippen molar-refractivity contribution in [1.82, 2.24) is 10.2 Å². The van der Waals surface area contributed by atoms with Crippen molar-refractivity contribution in [2.24, 2.45) is 17.8 Å². The number of carbonyl (C=O) groups is 1. The van der Waals surface area contributed by atoms with Crippen LogP contribution < -0.4 is 5.32 Å². The van der Waals surface area contributed by atoms with Gasteiger partial charge >= 0.3 is 0 Å². The first kappa shape index (κ1) is 16.8. The van der Waals surface area contributed by atoms with Gasteiger partial charge in [-0.1, -0.05) is 6.92 Å². The first-order chi connectivity index (χ1) is 11.1. The molecule has 0 radical (unpaired) electrons. The number of nitrogens with zero attached hydrogens (tertiary/aromatic N) is 1. The fourth-order valence-electron chi connectivity index (χ4n) is 3.57.